The number of rotatable bonds is 3. The van der Waals surface area contributed by atoms with E-state index in [2.05, 4.69) is 20.9 Å². The number of nitrogens with zero attached hydrogens (tertiary/aromatic N) is 4. The number of hydrogen-bond donors (Lipinski definition) is 0. The van der Waals surface area contributed by atoms with Crippen LogP contribution in [0.5, 0.6) is 0 Å². The van der Waals surface area contributed by atoms with Crippen molar-refractivity contribution in [2.24, 2.45) is 0 Å². The third kappa shape index (κ3) is 3.35. The molecule has 0 bridgehead atoms. The summed E-state index contributed by atoms with van der Waals surface area (Å²) in [5.74, 6) is 1.23. The average molecular weight is 314 g/mol. The van der Waals surface area contributed by atoms with Crippen molar-refractivity contribution < 1.29 is 8.81 Å². The van der Waals surface area contributed by atoms with Gasteiger partial charge in [0.15, 0.2) is 0 Å². The Morgan fingerprint density at radius 1 is 1.26 bits per heavy atom. The van der Waals surface area contributed by atoms with Crippen LogP contribution >= 0.6 is 0 Å². The average Bonchev–Trinajstić information content (AvgIpc) is 2.86. The maximum atomic E-state index is 13.2. The number of benzene rings is 1. The summed E-state index contributed by atoms with van der Waals surface area (Å²) in [6.07, 6.45) is 0. The summed E-state index contributed by atoms with van der Waals surface area (Å²) in [5.41, 5.74) is 2.12. The van der Waals surface area contributed by atoms with Crippen LogP contribution in [-0.2, 0) is 6.54 Å². The second kappa shape index (κ2) is 6.39. The summed E-state index contributed by atoms with van der Waals surface area (Å²) in [7, 11) is 0. The van der Waals surface area contributed by atoms with Gasteiger partial charge < -0.3 is 9.32 Å². The Balaban J connectivity index is 1.63. The molecule has 0 aliphatic carbocycles. The van der Waals surface area contributed by atoms with Crippen molar-refractivity contribution in [1.29, 1.82) is 5.26 Å². The Bertz CT molecular complexity index is 722. The first-order chi connectivity index (χ1) is 11.1. The van der Waals surface area contributed by atoms with Crippen molar-refractivity contribution in [3.8, 4) is 6.07 Å². The molecule has 0 spiro atoms. The number of aryl methyl sites for hydroxylation is 2. The zero-order valence-corrected chi connectivity index (χ0v) is 13.3. The molecule has 6 heteroatoms. The monoisotopic (exact) mass is 314 g/mol. The predicted molar refractivity (Wildman–Crippen MR) is 84.6 cm³/mol. The highest BCUT2D eigenvalue weighted by Gasteiger charge is 2.21. The maximum absolute atomic E-state index is 13.2. The molecule has 1 aliphatic heterocycles. The van der Waals surface area contributed by atoms with Gasteiger partial charge in [-0.1, -0.05) is 0 Å². The molecule has 0 atom stereocenters. The first kappa shape index (κ1) is 15.5. The quantitative estimate of drug-likeness (QED) is 0.871. The van der Waals surface area contributed by atoms with E-state index in [1.165, 1.54) is 12.1 Å². The molecule has 1 fully saturated rings. The summed E-state index contributed by atoms with van der Waals surface area (Å²) in [5, 5.41) is 9.17. The summed E-state index contributed by atoms with van der Waals surface area (Å²) in [4.78, 5) is 8.81. The predicted octanol–water partition coefficient (Wildman–Crippen LogP) is 2.62. The zero-order valence-electron chi connectivity index (χ0n) is 13.3. The lowest BCUT2D eigenvalue weighted by Crippen LogP contribution is -2.46. The van der Waals surface area contributed by atoms with Crippen molar-refractivity contribution in [2.75, 3.05) is 31.1 Å². The summed E-state index contributed by atoms with van der Waals surface area (Å²) in [6, 6.07) is 6.45. The third-order valence-electron chi connectivity index (χ3n) is 4.22. The van der Waals surface area contributed by atoms with Crippen LogP contribution in [-0.4, -0.2) is 36.1 Å². The fraction of sp³-hybridized carbons (Fsp3) is 0.412. The number of aromatic nitrogens is 1. The maximum Gasteiger partial charge on any atom is 0.208 e. The number of halogens is 1. The Morgan fingerprint density at radius 2 is 2.00 bits per heavy atom. The van der Waals surface area contributed by atoms with E-state index in [1.807, 2.05) is 13.8 Å². The molecule has 120 valence electrons. The molecule has 0 radical (unpaired) electrons. The van der Waals surface area contributed by atoms with E-state index in [0.29, 0.717) is 12.1 Å². The number of piperazine rings is 1. The SMILES string of the molecule is Cc1nc(CN2CCN(c3ccc(F)cc3C#N)CC2)oc1C. The molecule has 0 N–H and O–H groups in total. The van der Waals surface area contributed by atoms with E-state index in [-0.39, 0.29) is 5.82 Å². The van der Waals surface area contributed by atoms with Gasteiger partial charge in [-0.3, -0.25) is 4.90 Å². The van der Waals surface area contributed by atoms with Gasteiger partial charge in [0.1, 0.15) is 17.6 Å². The van der Waals surface area contributed by atoms with E-state index in [0.717, 1.165) is 49.2 Å². The Hall–Kier alpha value is -2.39. The van der Waals surface area contributed by atoms with E-state index < -0.39 is 0 Å². The molecule has 23 heavy (non-hydrogen) atoms. The molecule has 1 saturated heterocycles. The molecule has 1 aliphatic rings. The molecular formula is C17H19FN4O. The first-order valence-corrected chi connectivity index (χ1v) is 7.66. The van der Waals surface area contributed by atoms with Gasteiger partial charge in [-0.25, -0.2) is 9.37 Å². The van der Waals surface area contributed by atoms with Gasteiger partial charge in [-0.2, -0.15) is 5.26 Å². The third-order valence-corrected chi connectivity index (χ3v) is 4.22. The second-order valence-electron chi connectivity index (χ2n) is 5.79. The van der Waals surface area contributed by atoms with E-state index in [4.69, 9.17) is 4.42 Å². The number of hydrogen-bond acceptors (Lipinski definition) is 5. The molecular weight excluding hydrogens is 295 g/mol. The van der Waals surface area contributed by atoms with Crippen LogP contribution in [0, 0.1) is 31.0 Å². The zero-order chi connectivity index (χ0) is 16.4. The minimum atomic E-state index is -0.376. The first-order valence-electron chi connectivity index (χ1n) is 7.66. The fourth-order valence-electron chi connectivity index (χ4n) is 2.82. The van der Waals surface area contributed by atoms with Gasteiger partial charge in [0.25, 0.3) is 0 Å². The minimum Gasteiger partial charge on any atom is -0.444 e. The number of oxazole rings is 1. The van der Waals surface area contributed by atoms with Gasteiger partial charge in [-0.05, 0) is 32.0 Å². The summed E-state index contributed by atoms with van der Waals surface area (Å²) < 4.78 is 18.9. The van der Waals surface area contributed by atoms with Crippen molar-refractivity contribution in [3.63, 3.8) is 0 Å². The Morgan fingerprint density at radius 3 is 2.61 bits per heavy atom. The van der Waals surface area contributed by atoms with Gasteiger partial charge in [0.2, 0.25) is 5.89 Å². The molecule has 1 aromatic heterocycles. The molecule has 0 amide bonds. The highest BCUT2D eigenvalue weighted by Crippen LogP contribution is 2.23. The Labute approximate surface area is 134 Å². The van der Waals surface area contributed by atoms with Crippen LogP contribution in [0.4, 0.5) is 10.1 Å². The fourth-order valence-corrected chi connectivity index (χ4v) is 2.82. The topological polar surface area (TPSA) is 56.3 Å². The molecule has 2 aromatic rings. The van der Waals surface area contributed by atoms with Gasteiger partial charge >= 0.3 is 0 Å². The Kier molecular flexibility index (Phi) is 4.30. The van der Waals surface area contributed by atoms with Crippen LogP contribution in [0.15, 0.2) is 22.6 Å². The largest absolute Gasteiger partial charge is 0.444 e. The smallest absolute Gasteiger partial charge is 0.208 e. The van der Waals surface area contributed by atoms with Gasteiger partial charge in [-0.15, -0.1) is 0 Å². The van der Waals surface area contributed by atoms with Crippen LogP contribution in [0.3, 0.4) is 0 Å². The molecule has 0 unspecified atom stereocenters. The van der Waals surface area contributed by atoms with Gasteiger partial charge in [0.05, 0.1) is 23.5 Å². The van der Waals surface area contributed by atoms with Gasteiger partial charge in [0, 0.05) is 26.2 Å². The van der Waals surface area contributed by atoms with E-state index in [1.54, 1.807) is 6.07 Å². The number of nitriles is 1. The van der Waals surface area contributed by atoms with E-state index >= 15 is 0 Å². The highest BCUT2D eigenvalue weighted by atomic mass is 19.1. The lowest BCUT2D eigenvalue weighted by atomic mass is 10.1. The van der Waals surface area contributed by atoms with Crippen molar-refractivity contribution >= 4 is 5.69 Å². The normalized spacial score (nSPS) is 15.7. The molecule has 0 saturated carbocycles. The summed E-state index contributed by atoms with van der Waals surface area (Å²) >= 11 is 0. The molecule has 2 heterocycles. The van der Waals surface area contributed by atoms with Crippen molar-refractivity contribution in [3.05, 3.63) is 46.9 Å². The lowest BCUT2D eigenvalue weighted by molar-refractivity contribution is 0.225. The van der Waals surface area contributed by atoms with Crippen molar-refractivity contribution in [1.82, 2.24) is 9.88 Å². The number of anilines is 1. The molecule has 5 nitrogen and oxygen atoms in total. The van der Waals surface area contributed by atoms with Crippen LogP contribution in [0.1, 0.15) is 22.9 Å². The standard InChI is InChI=1S/C17H19FN4O/c1-12-13(2)23-17(20-12)11-21-5-7-22(8-6-21)16-4-3-15(18)9-14(16)10-19/h3-4,9H,5-8,11H2,1-2H3. The van der Waals surface area contributed by atoms with E-state index in [9.17, 15) is 9.65 Å². The van der Waals surface area contributed by atoms with Crippen LogP contribution in [0.25, 0.3) is 0 Å². The molecule has 1 aromatic carbocycles. The van der Waals surface area contributed by atoms with Crippen molar-refractivity contribution in [2.45, 2.75) is 20.4 Å². The van der Waals surface area contributed by atoms with Crippen LogP contribution in [0.2, 0.25) is 0 Å². The highest BCUT2D eigenvalue weighted by molar-refractivity contribution is 5.59. The second-order valence-corrected chi connectivity index (χ2v) is 5.79. The summed E-state index contributed by atoms with van der Waals surface area (Å²) in [6.45, 7) is 7.83. The molecule has 3 rings (SSSR count). The lowest BCUT2D eigenvalue weighted by Gasteiger charge is -2.35. The minimum absolute atomic E-state index is 0.376. The van der Waals surface area contributed by atoms with Crippen LogP contribution < -0.4 is 4.90 Å².